The summed E-state index contributed by atoms with van der Waals surface area (Å²) < 4.78 is 18.6. The summed E-state index contributed by atoms with van der Waals surface area (Å²) in [5.41, 5.74) is 0.715. The third kappa shape index (κ3) is 2.76. The van der Waals surface area contributed by atoms with Gasteiger partial charge in [0.1, 0.15) is 5.82 Å². The Balaban J connectivity index is 2.47. The Morgan fingerprint density at radius 3 is 2.84 bits per heavy atom. The Bertz CT molecular complexity index is 624. The van der Waals surface area contributed by atoms with Crippen LogP contribution in [-0.4, -0.2) is 16.1 Å². The van der Waals surface area contributed by atoms with E-state index in [9.17, 15) is 9.18 Å². The molecule has 0 aliphatic carbocycles. The molecule has 0 atom stereocenters. The van der Waals surface area contributed by atoms with Gasteiger partial charge in [-0.3, -0.25) is 0 Å². The lowest BCUT2D eigenvalue weighted by Gasteiger charge is -1.97. The Hall–Kier alpha value is -1.88. The van der Waals surface area contributed by atoms with E-state index in [4.69, 9.17) is 21.1 Å². The first-order valence-electron chi connectivity index (χ1n) is 5.71. The van der Waals surface area contributed by atoms with E-state index >= 15 is 0 Å². The number of halogens is 2. The highest BCUT2D eigenvalue weighted by atomic mass is 35.5. The van der Waals surface area contributed by atoms with Crippen LogP contribution < -0.4 is 0 Å². The number of carboxylic acids is 1. The highest BCUT2D eigenvalue weighted by Crippen LogP contribution is 2.26. The van der Waals surface area contributed by atoms with Gasteiger partial charge in [-0.05, 0) is 24.6 Å². The minimum atomic E-state index is -1.18. The number of carboxylic acid groups (broad SMARTS) is 1. The van der Waals surface area contributed by atoms with Crippen LogP contribution in [0.4, 0.5) is 4.39 Å². The van der Waals surface area contributed by atoms with Gasteiger partial charge in [0.15, 0.2) is 0 Å². The molecule has 100 valence electrons. The Morgan fingerprint density at radius 2 is 2.26 bits per heavy atom. The number of hydrogen-bond donors (Lipinski definition) is 1. The van der Waals surface area contributed by atoms with E-state index in [1.165, 1.54) is 12.1 Å². The quantitative estimate of drug-likeness (QED) is 0.927. The molecule has 2 aromatic rings. The summed E-state index contributed by atoms with van der Waals surface area (Å²) in [6.07, 6.45) is 1.22. The number of hydrogen-bond acceptors (Lipinski definition) is 3. The van der Waals surface area contributed by atoms with Gasteiger partial charge in [-0.2, -0.15) is 0 Å². The lowest BCUT2D eigenvalue weighted by molar-refractivity contribution is 0.0661. The zero-order valence-electron chi connectivity index (χ0n) is 10.1. The highest BCUT2D eigenvalue weighted by Gasteiger charge is 2.20. The van der Waals surface area contributed by atoms with Gasteiger partial charge in [0.25, 0.3) is 0 Å². The molecular weight excluding hydrogens is 273 g/mol. The molecule has 0 bridgehead atoms. The molecule has 6 heteroatoms. The first kappa shape index (κ1) is 13.5. The standard InChI is InChI=1S/C13H11ClFNO3/c1-2-3-10-11(13(17)18)19-12(16-10)7-4-5-8(14)9(15)6-7/h4-6H,2-3H2,1H3,(H,17,18). The molecule has 1 aromatic heterocycles. The molecule has 0 saturated heterocycles. The maximum absolute atomic E-state index is 13.4. The van der Waals surface area contributed by atoms with Gasteiger partial charge in [0, 0.05) is 5.56 Å². The van der Waals surface area contributed by atoms with Crippen LogP contribution in [0.5, 0.6) is 0 Å². The minimum absolute atomic E-state index is 0.0115. The zero-order valence-corrected chi connectivity index (χ0v) is 10.9. The predicted octanol–water partition coefficient (Wildman–Crippen LogP) is 3.78. The summed E-state index contributed by atoms with van der Waals surface area (Å²) in [5, 5.41) is 9.01. The SMILES string of the molecule is CCCc1nc(-c2ccc(Cl)c(F)c2)oc1C(=O)O. The van der Waals surface area contributed by atoms with Crippen LogP contribution in [0.1, 0.15) is 29.6 Å². The van der Waals surface area contributed by atoms with E-state index in [1.807, 2.05) is 6.92 Å². The van der Waals surface area contributed by atoms with Gasteiger partial charge < -0.3 is 9.52 Å². The van der Waals surface area contributed by atoms with Crippen molar-refractivity contribution >= 4 is 17.6 Å². The van der Waals surface area contributed by atoms with Crippen LogP contribution in [0.3, 0.4) is 0 Å². The van der Waals surface area contributed by atoms with E-state index in [1.54, 1.807) is 0 Å². The van der Waals surface area contributed by atoms with Gasteiger partial charge >= 0.3 is 5.97 Å². The average Bonchev–Trinajstić information content (AvgIpc) is 2.77. The molecule has 1 heterocycles. The third-order valence-electron chi connectivity index (χ3n) is 2.54. The molecular formula is C13H11ClFNO3. The molecule has 4 nitrogen and oxygen atoms in total. The molecule has 1 N–H and O–H groups in total. The van der Waals surface area contributed by atoms with Gasteiger partial charge in [-0.15, -0.1) is 0 Å². The van der Waals surface area contributed by atoms with E-state index < -0.39 is 11.8 Å². The number of benzene rings is 1. The van der Waals surface area contributed by atoms with E-state index in [0.717, 1.165) is 12.5 Å². The monoisotopic (exact) mass is 283 g/mol. The maximum Gasteiger partial charge on any atom is 0.373 e. The number of rotatable bonds is 4. The third-order valence-corrected chi connectivity index (χ3v) is 2.85. The highest BCUT2D eigenvalue weighted by molar-refractivity contribution is 6.30. The summed E-state index contributed by atoms with van der Waals surface area (Å²) in [7, 11) is 0. The number of carbonyl (C=O) groups is 1. The van der Waals surface area contributed by atoms with Gasteiger partial charge in [-0.25, -0.2) is 14.2 Å². The normalized spacial score (nSPS) is 10.7. The summed E-state index contributed by atoms with van der Waals surface area (Å²) in [6, 6.07) is 4.06. The lowest BCUT2D eigenvalue weighted by atomic mass is 10.2. The first-order valence-corrected chi connectivity index (χ1v) is 6.09. The van der Waals surface area contributed by atoms with Crippen molar-refractivity contribution in [3.8, 4) is 11.5 Å². The van der Waals surface area contributed by atoms with Crippen molar-refractivity contribution in [2.45, 2.75) is 19.8 Å². The number of oxazole rings is 1. The average molecular weight is 284 g/mol. The van der Waals surface area contributed by atoms with Crippen LogP contribution in [0.25, 0.3) is 11.5 Å². The van der Waals surface area contributed by atoms with Gasteiger partial charge in [0.05, 0.1) is 10.7 Å². The number of nitrogens with zero attached hydrogens (tertiary/aromatic N) is 1. The maximum atomic E-state index is 13.4. The van der Waals surface area contributed by atoms with Crippen LogP contribution in [0, 0.1) is 5.82 Å². The van der Waals surface area contributed by atoms with Crippen LogP contribution in [0.15, 0.2) is 22.6 Å². The molecule has 0 amide bonds. The van der Waals surface area contributed by atoms with Crippen molar-refractivity contribution in [1.29, 1.82) is 0 Å². The second kappa shape index (κ2) is 5.40. The molecule has 0 spiro atoms. The van der Waals surface area contributed by atoms with Crippen molar-refractivity contribution in [2.24, 2.45) is 0 Å². The second-order valence-corrected chi connectivity index (χ2v) is 4.39. The smallest absolute Gasteiger partial charge is 0.373 e. The summed E-state index contributed by atoms with van der Waals surface area (Å²) >= 11 is 5.58. The molecule has 1 aromatic carbocycles. The lowest BCUT2D eigenvalue weighted by Crippen LogP contribution is -1.99. The molecule has 2 rings (SSSR count). The summed E-state index contributed by atoms with van der Waals surface area (Å²) in [6.45, 7) is 1.90. The van der Waals surface area contributed by atoms with Crippen LogP contribution >= 0.6 is 11.6 Å². The number of aromatic nitrogens is 1. The van der Waals surface area contributed by atoms with Gasteiger partial charge in [-0.1, -0.05) is 24.9 Å². The molecule has 0 fully saturated rings. The zero-order chi connectivity index (χ0) is 14.0. The van der Waals surface area contributed by atoms with Crippen molar-refractivity contribution in [1.82, 2.24) is 4.98 Å². The molecule has 0 aliphatic heterocycles. The summed E-state index contributed by atoms with van der Waals surface area (Å²) in [5.74, 6) is -1.91. The molecule has 0 saturated carbocycles. The fourth-order valence-electron chi connectivity index (χ4n) is 1.68. The predicted molar refractivity (Wildman–Crippen MR) is 67.9 cm³/mol. The fraction of sp³-hybridized carbons (Fsp3) is 0.231. The Labute approximate surface area is 113 Å². The Morgan fingerprint density at radius 1 is 1.53 bits per heavy atom. The molecule has 0 aliphatic rings. The number of aryl methyl sites for hydroxylation is 1. The van der Waals surface area contributed by atoms with E-state index in [2.05, 4.69) is 4.98 Å². The van der Waals surface area contributed by atoms with Gasteiger partial charge in [0.2, 0.25) is 11.7 Å². The fourth-order valence-corrected chi connectivity index (χ4v) is 1.80. The number of aromatic carboxylic acids is 1. The Kier molecular flexibility index (Phi) is 3.85. The van der Waals surface area contributed by atoms with Crippen LogP contribution in [0.2, 0.25) is 5.02 Å². The molecule has 0 radical (unpaired) electrons. The minimum Gasteiger partial charge on any atom is -0.475 e. The first-order chi connectivity index (χ1) is 9.02. The second-order valence-electron chi connectivity index (χ2n) is 3.98. The molecule has 0 unspecified atom stereocenters. The van der Waals surface area contributed by atoms with Crippen molar-refractivity contribution in [3.05, 3.63) is 40.5 Å². The largest absolute Gasteiger partial charge is 0.475 e. The van der Waals surface area contributed by atoms with E-state index in [-0.39, 0.29) is 16.7 Å². The van der Waals surface area contributed by atoms with Crippen molar-refractivity contribution < 1.29 is 18.7 Å². The topological polar surface area (TPSA) is 63.3 Å². The van der Waals surface area contributed by atoms with Crippen LogP contribution in [-0.2, 0) is 6.42 Å². The summed E-state index contributed by atoms with van der Waals surface area (Å²) in [4.78, 5) is 15.1. The van der Waals surface area contributed by atoms with E-state index in [0.29, 0.717) is 17.7 Å². The van der Waals surface area contributed by atoms with Crippen molar-refractivity contribution in [2.75, 3.05) is 0 Å². The molecule has 19 heavy (non-hydrogen) atoms. The van der Waals surface area contributed by atoms with Crippen molar-refractivity contribution in [3.63, 3.8) is 0 Å².